The molecule has 0 unspecified atom stereocenters. The molecule has 3 aliphatic rings. The van der Waals surface area contributed by atoms with Gasteiger partial charge in [-0.05, 0) is 36.5 Å². The summed E-state index contributed by atoms with van der Waals surface area (Å²) in [5, 5.41) is 10.7. The van der Waals surface area contributed by atoms with Gasteiger partial charge in [0.2, 0.25) is 5.91 Å². The van der Waals surface area contributed by atoms with Crippen LogP contribution in [0.5, 0.6) is 5.75 Å². The average Bonchev–Trinajstić information content (AvgIpc) is 3.46. The molecule has 2 N–H and O–H groups in total. The number of aromatic nitrogens is 2. The molecule has 1 saturated heterocycles. The molecule has 1 aromatic carbocycles. The molecule has 5 rings (SSSR count). The average molecular weight is 531 g/mol. The van der Waals surface area contributed by atoms with Crippen LogP contribution in [-0.4, -0.2) is 61.8 Å². The largest absolute Gasteiger partial charge is 0.494 e. The van der Waals surface area contributed by atoms with Crippen LogP contribution in [0.25, 0.3) is 0 Å². The van der Waals surface area contributed by atoms with E-state index in [0.717, 1.165) is 49.7 Å². The predicted octanol–water partition coefficient (Wildman–Crippen LogP) is 2.60. The maximum Gasteiger partial charge on any atom is 0.257 e. The second kappa shape index (κ2) is 10.1. The Labute approximate surface area is 217 Å². The van der Waals surface area contributed by atoms with Crippen molar-refractivity contribution in [3.63, 3.8) is 0 Å². The smallest absolute Gasteiger partial charge is 0.257 e. The van der Waals surface area contributed by atoms with Crippen molar-refractivity contribution in [3.05, 3.63) is 41.1 Å². The van der Waals surface area contributed by atoms with Crippen LogP contribution in [0, 0.1) is 5.92 Å². The van der Waals surface area contributed by atoms with Gasteiger partial charge in [-0.25, -0.2) is 13.1 Å². The first-order valence-electron chi connectivity index (χ1n) is 12.9. The number of benzene rings is 1. The predicted molar refractivity (Wildman–Crippen MR) is 137 cm³/mol. The molecule has 1 aliphatic carbocycles. The van der Waals surface area contributed by atoms with E-state index in [2.05, 4.69) is 17.6 Å². The Morgan fingerprint density at radius 1 is 1.30 bits per heavy atom. The quantitative estimate of drug-likeness (QED) is 0.427. The van der Waals surface area contributed by atoms with E-state index in [0.29, 0.717) is 38.0 Å². The molecular weight excluding hydrogens is 496 g/mol. The summed E-state index contributed by atoms with van der Waals surface area (Å²) in [5.74, 6) is -0.355. The highest BCUT2D eigenvalue weighted by atomic mass is 32.2. The molecule has 2 aliphatic heterocycles. The van der Waals surface area contributed by atoms with Gasteiger partial charge in [-0.3, -0.25) is 9.59 Å². The molecule has 0 bridgehead atoms. The van der Waals surface area contributed by atoms with E-state index < -0.39 is 27.0 Å². The first kappa shape index (κ1) is 25.7. The number of carbonyl (C=O) groups is 2. The molecule has 3 heterocycles. The molecule has 0 spiro atoms. The lowest BCUT2D eigenvalue weighted by atomic mass is 9.75. The van der Waals surface area contributed by atoms with Gasteiger partial charge in [0, 0.05) is 12.8 Å². The molecule has 0 radical (unpaired) electrons. The second-order valence-electron chi connectivity index (χ2n) is 10.4. The van der Waals surface area contributed by atoms with E-state index in [1.165, 1.54) is 0 Å². The number of hydrogen-bond donors (Lipinski definition) is 2. The number of hydrogen-bond acceptors (Lipinski definition) is 7. The normalized spacial score (nSPS) is 22.8. The van der Waals surface area contributed by atoms with E-state index in [1.807, 2.05) is 24.3 Å². The van der Waals surface area contributed by atoms with E-state index in [4.69, 9.17) is 14.6 Å². The minimum absolute atomic E-state index is 0.252. The Morgan fingerprint density at radius 3 is 2.73 bits per heavy atom. The van der Waals surface area contributed by atoms with Gasteiger partial charge in [0.15, 0.2) is 9.84 Å². The molecule has 1 aromatic heterocycles. The summed E-state index contributed by atoms with van der Waals surface area (Å²) in [6.45, 7) is 3.95. The molecule has 2 aromatic rings. The van der Waals surface area contributed by atoms with Crippen molar-refractivity contribution < 1.29 is 27.5 Å². The van der Waals surface area contributed by atoms with Gasteiger partial charge in [-0.15, -0.1) is 0 Å². The zero-order valence-electron chi connectivity index (χ0n) is 21.3. The molecule has 10 nitrogen and oxygen atoms in total. The number of amides is 2. The summed E-state index contributed by atoms with van der Waals surface area (Å²) in [6.07, 6.45) is 6.24. The Morgan fingerprint density at radius 2 is 2.05 bits per heavy atom. The fourth-order valence-electron chi connectivity index (χ4n) is 5.18. The molecule has 11 heteroatoms. The van der Waals surface area contributed by atoms with Crippen molar-refractivity contribution in [2.45, 2.75) is 57.0 Å². The summed E-state index contributed by atoms with van der Waals surface area (Å²) in [4.78, 5) is 26.1. The fraction of sp³-hybridized carbons (Fsp3) is 0.577. The van der Waals surface area contributed by atoms with Gasteiger partial charge < -0.3 is 20.1 Å². The number of nitrogens with zero attached hydrogens (tertiary/aromatic N) is 2. The van der Waals surface area contributed by atoms with Crippen LogP contribution in [-0.2, 0) is 31.5 Å². The van der Waals surface area contributed by atoms with Crippen molar-refractivity contribution in [3.8, 4) is 5.75 Å². The lowest BCUT2D eigenvalue weighted by molar-refractivity contribution is -0.113. The number of ether oxygens (including phenoxy) is 2. The number of aryl methyl sites for hydroxylation is 1. The Kier molecular flexibility index (Phi) is 7.01. The molecule has 2 amide bonds. The maximum absolute atomic E-state index is 13.6. The van der Waals surface area contributed by atoms with Crippen LogP contribution in [0.4, 0.5) is 5.82 Å². The standard InChI is InChI=1S/C26H34N4O6S/c1-3-4-13-36-19-9-7-18(8-10-19)26-16-35-14-20(26)23-22(25(32)28-26)24(27-21(31)15-37(2,33)34)30(29-23)12-11-17-5-6-17/h7-10,17,20H,3-6,11-16H2,1-2H3,(H,27,31)(H,28,32)/t20-,26+/m1/s1. The first-order chi connectivity index (χ1) is 17.7. The number of anilines is 1. The molecular formula is C26H34N4O6S. The van der Waals surface area contributed by atoms with E-state index in [1.54, 1.807) is 4.68 Å². The van der Waals surface area contributed by atoms with Gasteiger partial charge in [-0.2, -0.15) is 5.10 Å². The van der Waals surface area contributed by atoms with Crippen molar-refractivity contribution in [1.29, 1.82) is 0 Å². The highest BCUT2D eigenvalue weighted by molar-refractivity contribution is 7.91. The van der Waals surface area contributed by atoms with E-state index >= 15 is 0 Å². The summed E-state index contributed by atoms with van der Waals surface area (Å²) in [5.41, 5.74) is 0.945. The Bertz CT molecular complexity index is 1280. The van der Waals surface area contributed by atoms with Crippen LogP contribution < -0.4 is 15.4 Å². The third-order valence-electron chi connectivity index (χ3n) is 7.32. The van der Waals surface area contributed by atoms with Gasteiger partial charge in [-0.1, -0.05) is 38.3 Å². The van der Waals surface area contributed by atoms with Crippen LogP contribution >= 0.6 is 0 Å². The Hall–Kier alpha value is -2.92. The minimum Gasteiger partial charge on any atom is -0.494 e. The zero-order valence-corrected chi connectivity index (χ0v) is 22.1. The van der Waals surface area contributed by atoms with Crippen LogP contribution in [0.15, 0.2) is 24.3 Å². The van der Waals surface area contributed by atoms with Crippen LogP contribution in [0.1, 0.15) is 66.6 Å². The Balaban J connectivity index is 1.48. The number of rotatable bonds is 11. The number of nitrogens with one attached hydrogen (secondary N) is 2. The number of unbranched alkanes of at least 4 members (excludes halogenated alkanes) is 1. The van der Waals surface area contributed by atoms with Crippen molar-refractivity contribution >= 4 is 27.5 Å². The van der Waals surface area contributed by atoms with E-state index in [-0.39, 0.29) is 23.2 Å². The van der Waals surface area contributed by atoms with Gasteiger partial charge in [0.05, 0.1) is 37.0 Å². The third kappa shape index (κ3) is 5.38. The lowest BCUT2D eigenvalue weighted by Crippen LogP contribution is -2.53. The summed E-state index contributed by atoms with van der Waals surface area (Å²) in [7, 11) is -3.53. The third-order valence-corrected chi connectivity index (χ3v) is 8.10. The molecule has 1 saturated carbocycles. The van der Waals surface area contributed by atoms with Crippen molar-refractivity contribution in [2.75, 3.05) is 37.1 Å². The highest BCUT2D eigenvalue weighted by Crippen LogP contribution is 2.47. The van der Waals surface area contributed by atoms with Crippen LogP contribution in [0.2, 0.25) is 0 Å². The maximum atomic E-state index is 13.6. The fourth-order valence-corrected chi connectivity index (χ4v) is 5.72. The monoisotopic (exact) mass is 530 g/mol. The second-order valence-corrected chi connectivity index (χ2v) is 12.5. The summed E-state index contributed by atoms with van der Waals surface area (Å²) in [6, 6.07) is 7.71. The van der Waals surface area contributed by atoms with E-state index in [9.17, 15) is 18.0 Å². The summed E-state index contributed by atoms with van der Waals surface area (Å²) >= 11 is 0. The highest BCUT2D eigenvalue weighted by Gasteiger charge is 2.54. The first-order valence-corrected chi connectivity index (χ1v) is 15.0. The topological polar surface area (TPSA) is 129 Å². The molecule has 37 heavy (non-hydrogen) atoms. The zero-order chi connectivity index (χ0) is 26.2. The molecule has 2 fully saturated rings. The molecule has 200 valence electrons. The lowest BCUT2D eigenvalue weighted by Gasteiger charge is -2.38. The number of fused-ring (bicyclic) bond motifs is 3. The van der Waals surface area contributed by atoms with Gasteiger partial charge >= 0.3 is 0 Å². The van der Waals surface area contributed by atoms with Crippen molar-refractivity contribution in [2.24, 2.45) is 5.92 Å². The van der Waals surface area contributed by atoms with Crippen molar-refractivity contribution in [1.82, 2.24) is 15.1 Å². The number of carbonyl (C=O) groups excluding carboxylic acids is 2. The molecule has 2 atom stereocenters. The number of sulfone groups is 1. The SMILES string of the molecule is CCCCOc1ccc([C@@]23COC[C@@H]2c2nn(CCC4CC4)c(NC(=O)CS(C)(=O)=O)c2C(=O)N3)cc1. The summed E-state index contributed by atoms with van der Waals surface area (Å²) < 4.78 is 36.7. The minimum atomic E-state index is -3.53. The van der Waals surface area contributed by atoms with Gasteiger partial charge in [0.25, 0.3) is 5.91 Å². The van der Waals surface area contributed by atoms with Gasteiger partial charge in [0.1, 0.15) is 22.9 Å². The van der Waals surface area contributed by atoms with Crippen LogP contribution in [0.3, 0.4) is 0 Å².